The van der Waals surface area contributed by atoms with Gasteiger partial charge in [0.25, 0.3) is 0 Å². The minimum Gasteiger partial charge on any atom is -0.472 e. The van der Waals surface area contributed by atoms with Crippen molar-refractivity contribution in [2.45, 2.75) is 24.9 Å². The summed E-state index contributed by atoms with van der Waals surface area (Å²) in [6.45, 7) is 1.57. The zero-order chi connectivity index (χ0) is 14.8. The van der Waals surface area contributed by atoms with Crippen LogP contribution in [0.5, 0.6) is 0 Å². The van der Waals surface area contributed by atoms with Crippen molar-refractivity contribution in [3.63, 3.8) is 0 Å². The topological polar surface area (TPSA) is 85.3 Å². The maximum absolute atomic E-state index is 13.7. The molecule has 5 nitrogen and oxygen atoms in total. The molecule has 20 heavy (non-hydrogen) atoms. The standard InChI is InChI=1S/C13H15FN2O3S/c1-9-12(14)4-11(6-15)5-13(9)20(17,18)16-7-10-2-3-19-8-10/h2-5,8,16H,6-7,15H2,1H3. The van der Waals surface area contributed by atoms with E-state index in [0.717, 1.165) is 0 Å². The molecule has 108 valence electrons. The Bertz CT molecular complexity index is 697. The number of benzene rings is 1. The van der Waals surface area contributed by atoms with Crippen LogP contribution in [0.1, 0.15) is 16.7 Å². The third-order valence-electron chi connectivity index (χ3n) is 2.93. The number of furan rings is 1. The smallest absolute Gasteiger partial charge is 0.241 e. The summed E-state index contributed by atoms with van der Waals surface area (Å²) in [5.41, 5.74) is 6.62. The second kappa shape index (κ2) is 5.74. The first-order valence-electron chi connectivity index (χ1n) is 5.94. The highest BCUT2D eigenvalue weighted by molar-refractivity contribution is 7.89. The van der Waals surface area contributed by atoms with E-state index in [4.69, 9.17) is 10.2 Å². The molecule has 0 saturated carbocycles. The first-order chi connectivity index (χ1) is 9.44. The van der Waals surface area contributed by atoms with Gasteiger partial charge in [-0.25, -0.2) is 17.5 Å². The predicted octanol–water partition coefficient (Wildman–Crippen LogP) is 1.66. The van der Waals surface area contributed by atoms with E-state index < -0.39 is 15.8 Å². The summed E-state index contributed by atoms with van der Waals surface area (Å²) in [4.78, 5) is -0.0959. The van der Waals surface area contributed by atoms with E-state index in [-0.39, 0.29) is 23.5 Å². The van der Waals surface area contributed by atoms with Crippen LogP contribution in [0.15, 0.2) is 40.0 Å². The molecule has 0 spiro atoms. The highest BCUT2D eigenvalue weighted by atomic mass is 32.2. The first kappa shape index (κ1) is 14.7. The molecule has 1 aromatic heterocycles. The SMILES string of the molecule is Cc1c(F)cc(CN)cc1S(=O)(=O)NCc1ccoc1. The van der Waals surface area contributed by atoms with Gasteiger partial charge in [0.2, 0.25) is 10.0 Å². The number of hydrogen-bond acceptors (Lipinski definition) is 4. The molecule has 0 fully saturated rings. The molecule has 0 aliphatic carbocycles. The molecule has 1 aromatic carbocycles. The molecule has 2 aromatic rings. The summed E-state index contributed by atoms with van der Waals surface area (Å²) in [5, 5.41) is 0. The molecular formula is C13H15FN2O3S. The second-order valence-corrected chi connectivity index (χ2v) is 6.10. The Kier molecular flexibility index (Phi) is 4.22. The maximum Gasteiger partial charge on any atom is 0.241 e. The molecule has 0 radical (unpaired) electrons. The van der Waals surface area contributed by atoms with Gasteiger partial charge in [-0.1, -0.05) is 0 Å². The third kappa shape index (κ3) is 3.06. The van der Waals surface area contributed by atoms with E-state index in [1.54, 1.807) is 6.07 Å². The molecule has 7 heteroatoms. The van der Waals surface area contributed by atoms with Gasteiger partial charge in [-0.15, -0.1) is 0 Å². The fourth-order valence-corrected chi connectivity index (χ4v) is 3.07. The van der Waals surface area contributed by atoms with Crippen LogP contribution in [0.2, 0.25) is 0 Å². The Morgan fingerprint density at radius 1 is 1.35 bits per heavy atom. The lowest BCUT2D eigenvalue weighted by atomic mass is 10.1. The van der Waals surface area contributed by atoms with Gasteiger partial charge in [-0.05, 0) is 30.7 Å². The zero-order valence-corrected chi connectivity index (χ0v) is 11.7. The van der Waals surface area contributed by atoms with Crippen molar-refractivity contribution >= 4 is 10.0 Å². The number of halogens is 1. The minimum atomic E-state index is -3.81. The van der Waals surface area contributed by atoms with Gasteiger partial charge in [0, 0.05) is 24.2 Å². The average Bonchev–Trinajstić information content (AvgIpc) is 2.92. The van der Waals surface area contributed by atoms with Crippen LogP contribution < -0.4 is 10.5 Å². The van der Waals surface area contributed by atoms with E-state index in [1.165, 1.54) is 31.6 Å². The summed E-state index contributed by atoms with van der Waals surface area (Å²) in [5.74, 6) is -0.586. The Morgan fingerprint density at radius 3 is 2.70 bits per heavy atom. The molecule has 0 saturated heterocycles. The molecule has 0 unspecified atom stereocenters. The van der Waals surface area contributed by atoms with Crippen molar-refractivity contribution in [3.05, 3.63) is 53.2 Å². The van der Waals surface area contributed by atoms with Crippen molar-refractivity contribution < 1.29 is 17.2 Å². The van der Waals surface area contributed by atoms with Gasteiger partial charge in [0.05, 0.1) is 17.4 Å². The van der Waals surface area contributed by atoms with Crippen LogP contribution in [-0.4, -0.2) is 8.42 Å². The van der Waals surface area contributed by atoms with E-state index in [9.17, 15) is 12.8 Å². The molecule has 0 bridgehead atoms. The van der Waals surface area contributed by atoms with E-state index in [1.807, 2.05) is 0 Å². The maximum atomic E-state index is 13.7. The summed E-state index contributed by atoms with van der Waals surface area (Å²) < 4.78 is 45.4. The van der Waals surface area contributed by atoms with Gasteiger partial charge in [0.15, 0.2) is 0 Å². The summed E-state index contributed by atoms with van der Waals surface area (Å²) in [6.07, 6.45) is 2.88. The van der Waals surface area contributed by atoms with Crippen LogP contribution in [-0.2, 0) is 23.1 Å². The number of nitrogens with two attached hydrogens (primary N) is 1. The Balaban J connectivity index is 2.31. The monoisotopic (exact) mass is 298 g/mol. The highest BCUT2D eigenvalue weighted by Crippen LogP contribution is 2.20. The van der Waals surface area contributed by atoms with E-state index in [0.29, 0.717) is 11.1 Å². The molecule has 1 heterocycles. The normalized spacial score (nSPS) is 11.8. The van der Waals surface area contributed by atoms with Crippen molar-refractivity contribution in [2.75, 3.05) is 0 Å². The van der Waals surface area contributed by atoms with Crippen LogP contribution in [0, 0.1) is 12.7 Å². The van der Waals surface area contributed by atoms with Gasteiger partial charge in [-0.2, -0.15) is 0 Å². The fraction of sp³-hybridized carbons (Fsp3) is 0.231. The van der Waals surface area contributed by atoms with Crippen LogP contribution in [0.3, 0.4) is 0 Å². The van der Waals surface area contributed by atoms with Crippen molar-refractivity contribution in [2.24, 2.45) is 5.73 Å². The van der Waals surface area contributed by atoms with Crippen LogP contribution in [0.4, 0.5) is 4.39 Å². The molecule has 0 aliphatic rings. The highest BCUT2D eigenvalue weighted by Gasteiger charge is 2.20. The molecular weight excluding hydrogens is 283 g/mol. The number of rotatable bonds is 5. The molecule has 3 N–H and O–H groups in total. The van der Waals surface area contributed by atoms with E-state index >= 15 is 0 Å². The van der Waals surface area contributed by atoms with Gasteiger partial charge >= 0.3 is 0 Å². The fourth-order valence-electron chi connectivity index (χ4n) is 1.75. The largest absolute Gasteiger partial charge is 0.472 e. The Hall–Kier alpha value is -1.70. The van der Waals surface area contributed by atoms with Crippen molar-refractivity contribution in [3.8, 4) is 0 Å². The summed E-state index contributed by atoms with van der Waals surface area (Å²) >= 11 is 0. The quantitative estimate of drug-likeness (QED) is 0.879. The third-order valence-corrected chi connectivity index (χ3v) is 4.46. The Labute approximate surface area is 116 Å². The molecule has 0 amide bonds. The van der Waals surface area contributed by atoms with Crippen molar-refractivity contribution in [1.29, 1.82) is 0 Å². The van der Waals surface area contributed by atoms with Crippen LogP contribution in [0.25, 0.3) is 0 Å². The average molecular weight is 298 g/mol. The lowest BCUT2D eigenvalue weighted by Gasteiger charge is -2.11. The molecule has 0 aliphatic heterocycles. The van der Waals surface area contributed by atoms with Gasteiger partial charge in [0.1, 0.15) is 5.82 Å². The number of hydrogen-bond donors (Lipinski definition) is 2. The second-order valence-electron chi connectivity index (χ2n) is 4.36. The van der Waals surface area contributed by atoms with Gasteiger partial charge in [-0.3, -0.25) is 0 Å². The summed E-state index contributed by atoms with van der Waals surface area (Å²) in [7, 11) is -3.81. The van der Waals surface area contributed by atoms with E-state index in [2.05, 4.69) is 4.72 Å². The molecule has 2 rings (SSSR count). The van der Waals surface area contributed by atoms with Crippen LogP contribution >= 0.6 is 0 Å². The number of sulfonamides is 1. The molecule has 0 atom stereocenters. The lowest BCUT2D eigenvalue weighted by Crippen LogP contribution is -2.24. The predicted molar refractivity (Wildman–Crippen MR) is 71.8 cm³/mol. The van der Waals surface area contributed by atoms with Gasteiger partial charge < -0.3 is 10.2 Å². The number of nitrogens with one attached hydrogen (secondary N) is 1. The zero-order valence-electron chi connectivity index (χ0n) is 10.9. The van der Waals surface area contributed by atoms with Crippen molar-refractivity contribution in [1.82, 2.24) is 4.72 Å². The first-order valence-corrected chi connectivity index (χ1v) is 7.42. The Morgan fingerprint density at radius 2 is 2.10 bits per heavy atom. The minimum absolute atomic E-state index is 0.0709. The summed E-state index contributed by atoms with van der Waals surface area (Å²) in [6, 6.07) is 4.27. The lowest BCUT2D eigenvalue weighted by molar-refractivity contribution is 0.560.